The van der Waals surface area contributed by atoms with Crippen molar-refractivity contribution in [2.45, 2.75) is 13.1 Å². The first kappa shape index (κ1) is 13.1. The Hall–Kier alpha value is -2.32. The van der Waals surface area contributed by atoms with E-state index in [2.05, 4.69) is 9.84 Å². The lowest BCUT2D eigenvalue weighted by atomic mass is 10.2. The molecule has 19 heavy (non-hydrogen) atoms. The third kappa shape index (κ3) is 2.30. The average Bonchev–Trinajstić information content (AvgIpc) is 2.69. The second kappa shape index (κ2) is 4.41. The minimum Gasteiger partial charge on any atom is -0.461 e. The zero-order chi connectivity index (χ0) is 14.2. The van der Waals surface area contributed by atoms with E-state index in [-0.39, 0.29) is 12.3 Å². The van der Waals surface area contributed by atoms with Gasteiger partial charge in [-0.15, -0.1) is 0 Å². The van der Waals surface area contributed by atoms with Gasteiger partial charge in [0.1, 0.15) is 5.69 Å². The summed E-state index contributed by atoms with van der Waals surface area (Å²) in [5.41, 5.74) is -2.72. The number of rotatable bonds is 2. The van der Waals surface area contributed by atoms with Gasteiger partial charge < -0.3 is 4.74 Å². The summed E-state index contributed by atoms with van der Waals surface area (Å²) in [6, 6.07) is 1.22. The van der Waals surface area contributed by atoms with Crippen LogP contribution in [-0.2, 0) is 10.9 Å². The second-order valence-corrected chi connectivity index (χ2v) is 3.57. The van der Waals surface area contributed by atoms with Gasteiger partial charge in [-0.2, -0.15) is 18.3 Å². The van der Waals surface area contributed by atoms with Crippen LogP contribution < -0.4 is 5.69 Å². The normalized spacial score (nSPS) is 11.8. The molecule has 6 nitrogen and oxygen atoms in total. The first-order chi connectivity index (χ1) is 8.84. The minimum absolute atomic E-state index is 0.0246. The highest BCUT2D eigenvalue weighted by Crippen LogP contribution is 2.30. The molecule has 2 rings (SSSR count). The molecule has 2 aromatic rings. The fourth-order valence-corrected chi connectivity index (χ4v) is 1.55. The van der Waals surface area contributed by atoms with Gasteiger partial charge in [-0.05, 0) is 19.1 Å². The molecule has 2 heterocycles. The van der Waals surface area contributed by atoms with Crippen LogP contribution in [0.1, 0.15) is 23.0 Å². The molecule has 0 aliphatic rings. The van der Waals surface area contributed by atoms with E-state index in [4.69, 9.17) is 0 Å². The Bertz CT molecular complexity index is 687. The van der Waals surface area contributed by atoms with Crippen molar-refractivity contribution in [3.63, 3.8) is 0 Å². The number of esters is 1. The number of halogens is 3. The van der Waals surface area contributed by atoms with Crippen LogP contribution in [0.15, 0.2) is 16.9 Å². The topological polar surface area (TPSA) is 76.5 Å². The van der Waals surface area contributed by atoms with Crippen molar-refractivity contribution < 1.29 is 22.7 Å². The van der Waals surface area contributed by atoms with Crippen LogP contribution in [0.3, 0.4) is 0 Å². The Kier molecular flexibility index (Phi) is 3.05. The van der Waals surface area contributed by atoms with Crippen molar-refractivity contribution in [3.05, 3.63) is 33.9 Å². The van der Waals surface area contributed by atoms with Crippen LogP contribution >= 0.6 is 0 Å². The molecule has 102 valence electrons. The summed E-state index contributed by atoms with van der Waals surface area (Å²) in [6.45, 7) is 1.48. The van der Waals surface area contributed by atoms with E-state index in [1.807, 2.05) is 5.10 Å². The van der Waals surface area contributed by atoms with E-state index in [1.165, 1.54) is 6.92 Å². The van der Waals surface area contributed by atoms with Crippen molar-refractivity contribution in [1.29, 1.82) is 0 Å². The molecule has 1 N–H and O–H groups in total. The summed E-state index contributed by atoms with van der Waals surface area (Å²) in [4.78, 5) is 23.0. The Morgan fingerprint density at radius 2 is 2.16 bits per heavy atom. The summed E-state index contributed by atoms with van der Waals surface area (Å²) in [7, 11) is 0. The summed E-state index contributed by atoms with van der Waals surface area (Å²) in [6.07, 6.45) is -4.65. The SMILES string of the molecule is CCOC(=O)c1cc(C(F)(F)F)cc2n[nH]c(=O)n12. The highest BCUT2D eigenvalue weighted by atomic mass is 19.4. The summed E-state index contributed by atoms with van der Waals surface area (Å²) in [5, 5.41) is 5.39. The number of alkyl halides is 3. The zero-order valence-corrected chi connectivity index (χ0v) is 9.61. The second-order valence-electron chi connectivity index (χ2n) is 3.57. The average molecular weight is 275 g/mol. The molecule has 0 unspecified atom stereocenters. The Morgan fingerprint density at radius 1 is 1.47 bits per heavy atom. The molecule has 0 radical (unpaired) electrons. The molecule has 2 aromatic heterocycles. The lowest BCUT2D eigenvalue weighted by molar-refractivity contribution is -0.137. The molecule has 0 fully saturated rings. The van der Waals surface area contributed by atoms with Crippen LogP contribution in [0, 0.1) is 0 Å². The van der Waals surface area contributed by atoms with Crippen LogP contribution in [0.5, 0.6) is 0 Å². The number of fused-ring (bicyclic) bond motifs is 1. The molecule has 0 aliphatic carbocycles. The Balaban J connectivity index is 2.74. The van der Waals surface area contributed by atoms with Crippen molar-refractivity contribution in [3.8, 4) is 0 Å². The monoisotopic (exact) mass is 275 g/mol. The third-order valence-electron chi connectivity index (χ3n) is 2.33. The standard InChI is InChI=1S/C10H8F3N3O3/c1-2-19-8(17)6-3-5(10(11,12)13)4-7-14-15-9(18)16(6)7/h3-4H,2H2,1H3,(H,15,18). The van der Waals surface area contributed by atoms with E-state index in [0.717, 1.165) is 4.40 Å². The van der Waals surface area contributed by atoms with E-state index < -0.39 is 29.1 Å². The quantitative estimate of drug-likeness (QED) is 0.836. The molecule has 9 heteroatoms. The number of H-pyrrole nitrogens is 1. The molecule has 0 aliphatic heterocycles. The number of aromatic amines is 1. The maximum absolute atomic E-state index is 12.7. The number of carbonyl (C=O) groups excluding carboxylic acids is 1. The first-order valence-corrected chi connectivity index (χ1v) is 5.20. The van der Waals surface area contributed by atoms with Crippen molar-refractivity contribution in [2.24, 2.45) is 0 Å². The van der Waals surface area contributed by atoms with Gasteiger partial charge in [0.05, 0.1) is 12.2 Å². The summed E-state index contributed by atoms with van der Waals surface area (Å²) in [5.74, 6) is -1.03. The maximum atomic E-state index is 12.7. The molecule has 0 saturated carbocycles. The number of carbonyl (C=O) groups is 1. The Labute approximate surface area is 103 Å². The summed E-state index contributed by atoms with van der Waals surface area (Å²) >= 11 is 0. The van der Waals surface area contributed by atoms with Crippen molar-refractivity contribution in [1.82, 2.24) is 14.6 Å². The van der Waals surface area contributed by atoms with E-state index >= 15 is 0 Å². The molecule has 0 bridgehead atoms. The number of ether oxygens (including phenoxy) is 1. The van der Waals surface area contributed by atoms with E-state index in [1.54, 1.807) is 0 Å². The molecule has 0 spiro atoms. The van der Waals surface area contributed by atoms with Gasteiger partial charge in [-0.25, -0.2) is 19.1 Å². The van der Waals surface area contributed by atoms with Crippen LogP contribution in [-0.4, -0.2) is 27.2 Å². The van der Waals surface area contributed by atoms with Gasteiger partial charge in [0.25, 0.3) is 0 Å². The predicted molar refractivity (Wildman–Crippen MR) is 56.8 cm³/mol. The number of hydrogen-bond donors (Lipinski definition) is 1. The minimum atomic E-state index is -4.65. The number of nitrogens with zero attached hydrogens (tertiary/aromatic N) is 2. The van der Waals surface area contributed by atoms with Crippen molar-refractivity contribution >= 4 is 11.6 Å². The smallest absolute Gasteiger partial charge is 0.416 e. The highest BCUT2D eigenvalue weighted by molar-refractivity contribution is 5.88. The van der Waals surface area contributed by atoms with E-state index in [9.17, 15) is 22.8 Å². The van der Waals surface area contributed by atoms with Gasteiger partial charge in [-0.3, -0.25) is 0 Å². The molecular weight excluding hydrogens is 267 g/mol. The van der Waals surface area contributed by atoms with E-state index in [0.29, 0.717) is 12.1 Å². The fourth-order valence-electron chi connectivity index (χ4n) is 1.55. The van der Waals surface area contributed by atoms with Crippen molar-refractivity contribution in [2.75, 3.05) is 6.61 Å². The fraction of sp³-hybridized carbons (Fsp3) is 0.300. The molecular formula is C10H8F3N3O3. The first-order valence-electron chi connectivity index (χ1n) is 5.20. The summed E-state index contributed by atoms with van der Waals surface area (Å²) < 4.78 is 43.4. The molecule has 0 saturated heterocycles. The molecule has 0 atom stereocenters. The predicted octanol–water partition coefficient (Wildman–Crippen LogP) is 1.22. The van der Waals surface area contributed by atoms with Gasteiger partial charge in [0.15, 0.2) is 5.65 Å². The highest BCUT2D eigenvalue weighted by Gasteiger charge is 2.33. The Morgan fingerprint density at radius 3 is 2.74 bits per heavy atom. The van der Waals surface area contributed by atoms with Gasteiger partial charge in [0.2, 0.25) is 0 Å². The lowest BCUT2D eigenvalue weighted by Gasteiger charge is -2.09. The number of hydrogen-bond acceptors (Lipinski definition) is 4. The number of aromatic nitrogens is 3. The van der Waals surface area contributed by atoms with Crippen LogP contribution in [0.2, 0.25) is 0 Å². The van der Waals surface area contributed by atoms with Gasteiger partial charge in [-0.1, -0.05) is 0 Å². The van der Waals surface area contributed by atoms with Crippen LogP contribution in [0.4, 0.5) is 13.2 Å². The number of pyridine rings is 1. The lowest BCUT2D eigenvalue weighted by Crippen LogP contribution is -2.20. The molecule has 0 amide bonds. The maximum Gasteiger partial charge on any atom is 0.416 e. The number of nitrogens with one attached hydrogen (secondary N) is 1. The zero-order valence-electron chi connectivity index (χ0n) is 9.61. The van der Waals surface area contributed by atoms with Crippen LogP contribution in [0.25, 0.3) is 5.65 Å². The van der Waals surface area contributed by atoms with Gasteiger partial charge in [0, 0.05) is 0 Å². The molecule has 0 aromatic carbocycles. The largest absolute Gasteiger partial charge is 0.461 e. The third-order valence-corrected chi connectivity index (χ3v) is 2.33. The van der Waals surface area contributed by atoms with Gasteiger partial charge >= 0.3 is 17.8 Å².